The number of anilines is 1. The molecule has 3 rings (SSSR count). The Balaban J connectivity index is 1.78. The molecule has 0 saturated carbocycles. The van der Waals surface area contributed by atoms with Gasteiger partial charge in [-0.05, 0) is 42.7 Å². The predicted molar refractivity (Wildman–Crippen MR) is 80.8 cm³/mol. The summed E-state index contributed by atoms with van der Waals surface area (Å²) in [6, 6.07) is 12.5. The Morgan fingerprint density at radius 2 is 2.11 bits per heavy atom. The van der Waals surface area contributed by atoms with Gasteiger partial charge in [0.25, 0.3) is 0 Å². The molecule has 2 heterocycles. The van der Waals surface area contributed by atoms with Crippen molar-refractivity contribution in [2.45, 2.75) is 12.8 Å². The summed E-state index contributed by atoms with van der Waals surface area (Å²) in [4.78, 5) is 8.84. The lowest BCUT2D eigenvalue weighted by Crippen LogP contribution is -1.93. The molecule has 19 heavy (non-hydrogen) atoms. The maximum absolute atomic E-state index is 4.49. The minimum atomic E-state index is 0.969. The average Bonchev–Trinajstić information content (AvgIpc) is 2.88. The Morgan fingerprint density at radius 3 is 2.89 bits per heavy atom. The van der Waals surface area contributed by atoms with Crippen LogP contribution in [0.1, 0.15) is 11.3 Å². The van der Waals surface area contributed by atoms with E-state index < -0.39 is 0 Å². The van der Waals surface area contributed by atoms with Gasteiger partial charge in [-0.2, -0.15) is 0 Å². The molecule has 0 aliphatic heterocycles. The number of pyridine rings is 1. The quantitative estimate of drug-likeness (QED) is 0.787. The number of hydrogen-bond donors (Lipinski definition) is 1. The van der Waals surface area contributed by atoms with Crippen LogP contribution in [0.15, 0.2) is 42.6 Å². The van der Waals surface area contributed by atoms with Crippen LogP contribution in [0.5, 0.6) is 0 Å². The van der Waals surface area contributed by atoms with Crippen molar-refractivity contribution in [3.05, 3.63) is 53.9 Å². The number of nitrogens with one attached hydrogen (secondary N) is 1. The summed E-state index contributed by atoms with van der Waals surface area (Å²) in [5.74, 6) is 0. The third-order valence-corrected chi connectivity index (χ3v) is 4.10. The lowest BCUT2D eigenvalue weighted by Gasteiger charge is -2.01. The molecular formula is C15H15N3S. The lowest BCUT2D eigenvalue weighted by molar-refractivity contribution is 0.915. The van der Waals surface area contributed by atoms with Crippen LogP contribution >= 0.6 is 11.3 Å². The summed E-state index contributed by atoms with van der Waals surface area (Å²) in [6.07, 6.45) is 3.84. The zero-order chi connectivity index (χ0) is 13.1. The number of fused-ring (bicyclic) bond motifs is 1. The van der Waals surface area contributed by atoms with E-state index in [0.29, 0.717) is 0 Å². The first-order valence-corrected chi connectivity index (χ1v) is 7.14. The molecule has 1 N–H and O–H groups in total. The smallest absolute Gasteiger partial charge is 0.183 e. The van der Waals surface area contributed by atoms with Crippen LogP contribution in [0, 0.1) is 0 Å². The first kappa shape index (κ1) is 12.1. The van der Waals surface area contributed by atoms with Gasteiger partial charge in [0.15, 0.2) is 5.13 Å². The fourth-order valence-electron chi connectivity index (χ4n) is 2.05. The summed E-state index contributed by atoms with van der Waals surface area (Å²) in [5, 5.41) is 4.06. The molecule has 0 amide bonds. The zero-order valence-electron chi connectivity index (χ0n) is 10.8. The molecule has 0 unspecified atom stereocenters. The second-order valence-corrected chi connectivity index (χ2v) is 5.42. The van der Waals surface area contributed by atoms with Crippen molar-refractivity contribution in [2.75, 3.05) is 12.4 Å². The molecule has 2 aromatic heterocycles. The molecule has 0 aliphatic rings. The van der Waals surface area contributed by atoms with E-state index in [0.717, 1.165) is 29.2 Å². The fourth-order valence-corrected chi connectivity index (χ4v) is 2.93. The number of thiazole rings is 1. The normalized spacial score (nSPS) is 10.8. The SMILES string of the molecule is CNc1nc2ccc(CCc3ccccn3)cc2s1. The molecule has 0 spiro atoms. The van der Waals surface area contributed by atoms with Crippen LogP contribution < -0.4 is 5.32 Å². The highest BCUT2D eigenvalue weighted by atomic mass is 32.1. The number of aromatic nitrogens is 2. The maximum Gasteiger partial charge on any atom is 0.183 e. The lowest BCUT2D eigenvalue weighted by atomic mass is 10.1. The van der Waals surface area contributed by atoms with Gasteiger partial charge in [0, 0.05) is 18.9 Å². The van der Waals surface area contributed by atoms with E-state index in [1.807, 2.05) is 25.4 Å². The first-order valence-electron chi connectivity index (χ1n) is 6.32. The van der Waals surface area contributed by atoms with Crippen LogP contribution in [0.2, 0.25) is 0 Å². The van der Waals surface area contributed by atoms with Crippen molar-refractivity contribution >= 4 is 26.7 Å². The van der Waals surface area contributed by atoms with Crippen molar-refractivity contribution in [3.63, 3.8) is 0 Å². The summed E-state index contributed by atoms with van der Waals surface area (Å²) in [7, 11) is 1.90. The second kappa shape index (κ2) is 5.36. The Bertz CT molecular complexity index is 676. The van der Waals surface area contributed by atoms with Gasteiger partial charge in [0.1, 0.15) is 0 Å². The Labute approximate surface area is 116 Å². The van der Waals surface area contributed by atoms with Gasteiger partial charge < -0.3 is 5.32 Å². The van der Waals surface area contributed by atoms with E-state index in [1.54, 1.807) is 11.3 Å². The molecule has 0 atom stereocenters. The Hall–Kier alpha value is -1.94. The van der Waals surface area contributed by atoms with Gasteiger partial charge >= 0.3 is 0 Å². The molecule has 3 aromatic rings. The number of hydrogen-bond acceptors (Lipinski definition) is 4. The topological polar surface area (TPSA) is 37.8 Å². The van der Waals surface area contributed by atoms with Crippen molar-refractivity contribution < 1.29 is 0 Å². The highest BCUT2D eigenvalue weighted by molar-refractivity contribution is 7.22. The molecule has 0 aliphatic carbocycles. The molecule has 1 aromatic carbocycles. The molecule has 3 nitrogen and oxygen atoms in total. The van der Waals surface area contributed by atoms with Crippen molar-refractivity contribution in [3.8, 4) is 0 Å². The molecule has 0 saturated heterocycles. The maximum atomic E-state index is 4.49. The van der Waals surface area contributed by atoms with E-state index in [4.69, 9.17) is 0 Å². The van der Waals surface area contributed by atoms with Gasteiger partial charge in [-0.15, -0.1) is 0 Å². The van der Waals surface area contributed by atoms with E-state index in [-0.39, 0.29) is 0 Å². The molecule has 96 valence electrons. The van der Waals surface area contributed by atoms with Crippen molar-refractivity contribution in [1.29, 1.82) is 0 Å². The van der Waals surface area contributed by atoms with Crippen LogP contribution in [0.4, 0.5) is 5.13 Å². The summed E-state index contributed by atoms with van der Waals surface area (Å²) >= 11 is 1.70. The van der Waals surface area contributed by atoms with Crippen LogP contribution in [-0.2, 0) is 12.8 Å². The van der Waals surface area contributed by atoms with Gasteiger partial charge in [-0.1, -0.05) is 23.5 Å². The third-order valence-electron chi connectivity index (χ3n) is 3.06. The minimum absolute atomic E-state index is 0.969. The highest BCUT2D eigenvalue weighted by Gasteiger charge is 2.03. The largest absolute Gasteiger partial charge is 0.365 e. The van der Waals surface area contributed by atoms with E-state index in [9.17, 15) is 0 Å². The summed E-state index contributed by atoms with van der Waals surface area (Å²) in [6.45, 7) is 0. The van der Waals surface area contributed by atoms with Gasteiger partial charge in [-0.3, -0.25) is 4.98 Å². The number of rotatable bonds is 4. The van der Waals surface area contributed by atoms with Crippen LogP contribution in [-0.4, -0.2) is 17.0 Å². The predicted octanol–water partition coefficient (Wildman–Crippen LogP) is 3.52. The minimum Gasteiger partial charge on any atom is -0.365 e. The van der Waals surface area contributed by atoms with E-state index >= 15 is 0 Å². The van der Waals surface area contributed by atoms with Gasteiger partial charge in [0.2, 0.25) is 0 Å². The third kappa shape index (κ3) is 2.74. The molecule has 4 heteroatoms. The monoisotopic (exact) mass is 269 g/mol. The molecular weight excluding hydrogens is 254 g/mol. The second-order valence-electron chi connectivity index (χ2n) is 4.39. The van der Waals surface area contributed by atoms with Crippen LogP contribution in [0.25, 0.3) is 10.2 Å². The highest BCUT2D eigenvalue weighted by Crippen LogP contribution is 2.26. The Morgan fingerprint density at radius 1 is 1.16 bits per heavy atom. The van der Waals surface area contributed by atoms with E-state index in [2.05, 4.69) is 39.6 Å². The molecule has 0 radical (unpaired) electrons. The van der Waals surface area contributed by atoms with E-state index in [1.165, 1.54) is 10.3 Å². The fraction of sp³-hybridized carbons (Fsp3) is 0.200. The van der Waals surface area contributed by atoms with Crippen molar-refractivity contribution in [1.82, 2.24) is 9.97 Å². The standard InChI is InChI=1S/C15H15N3S/c1-16-15-18-13-8-6-11(10-14(13)19-15)5-7-12-4-2-3-9-17-12/h2-4,6,8-10H,5,7H2,1H3,(H,16,18). The zero-order valence-corrected chi connectivity index (χ0v) is 11.6. The average molecular weight is 269 g/mol. The number of aryl methyl sites for hydroxylation is 2. The molecule has 0 fully saturated rings. The molecule has 0 bridgehead atoms. The van der Waals surface area contributed by atoms with Crippen LogP contribution in [0.3, 0.4) is 0 Å². The number of nitrogens with zero attached hydrogens (tertiary/aromatic N) is 2. The first-order chi connectivity index (χ1) is 9.35. The van der Waals surface area contributed by atoms with Gasteiger partial charge in [-0.25, -0.2) is 4.98 Å². The number of benzene rings is 1. The Kier molecular flexibility index (Phi) is 3.42. The summed E-state index contributed by atoms with van der Waals surface area (Å²) < 4.78 is 1.24. The van der Waals surface area contributed by atoms with Gasteiger partial charge in [0.05, 0.1) is 10.2 Å². The van der Waals surface area contributed by atoms with Crippen molar-refractivity contribution in [2.24, 2.45) is 0 Å². The summed E-state index contributed by atoms with van der Waals surface area (Å²) in [5.41, 5.74) is 3.54.